The summed E-state index contributed by atoms with van der Waals surface area (Å²) in [4.78, 5) is 22.4. The number of carbonyl (C=O) groups excluding carboxylic acids is 2. The van der Waals surface area contributed by atoms with Crippen molar-refractivity contribution in [3.8, 4) is 0 Å². The summed E-state index contributed by atoms with van der Waals surface area (Å²) in [5, 5.41) is 8.33. The Kier molecular flexibility index (Phi) is 9.30. The van der Waals surface area contributed by atoms with Crippen LogP contribution in [0.15, 0.2) is 48.6 Å². The van der Waals surface area contributed by atoms with Crippen molar-refractivity contribution >= 4 is 17.8 Å². The highest BCUT2D eigenvalue weighted by atomic mass is 16.5. The van der Waals surface area contributed by atoms with Crippen molar-refractivity contribution in [3.05, 3.63) is 54.1 Å². The average Bonchev–Trinajstić information content (AvgIpc) is 2.55. The molecule has 0 unspecified atom stereocenters. The third-order valence-corrected chi connectivity index (χ3v) is 3.18. The number of hydrogen-bond donors (Lipinski definition) is 2. The highest BCUT2D eigenvalue weighted by molar-refractivity contribution is 5.89. The van der Waals surface area contributed by atoms with E-state index in [-0.39, 0.29) is 11.7 Å². The summed E-state index contributed by atoms with van der Waals surface area (Å²) in [6, 6.07) is 9.91. The molecule has 0 aromatic heterocycles. The Labute approximate surface area is 131 Å². The van der Waals surface area contributed by atoms with E-state index in [4.69, 9.17) is 5.21 Å². The Balaban J connectivity index is 2.09. The lowest BCUT2D eigenvalue weighted by Crippen LogP contribution is -2.17. The Bertz CT molecular complexity index is 506. The molecule has 0 aliphatic rings. The largest absolute Gasteiger partial charge is 0.295 e. The van der Waals surface area contributed by atoms with Crippen molar-refractivity contribution in [1.29, 1.82) is 0 Å². The van der Waals surface area contributed by atoms with Crippen LogP contribution in [0, 0.1) is 0 Å². The van der Waals surface area contributed by atoms with Crippen LogP contribution in [0.2, 0.25) is 0 Å². The highest BCUT2D eigenvalue weighted by Crippen LogP contribution is 2.06. The number of unbranched alkanes of at least 4 members (excludes halogenated alkanes) is 3. The van der Waals surface area contributed by atoms with E-state index in [9.17, 15) is 9.59 Å². The monoisotopic (exact) mass is 301 g/mol. The summed E-state index contributed by atoms with van der Waals surface area (Å²) in [5.74, 6) is -0.241. The van der Waals surface area contributed by atoms with E-state index in [1.807, 2.05) is 42.5 Å². The molecule has 2 N–H and O–H groups in total. The minimum absolute atomic E-state index is 0.116. The van der Waals surface area contributed by atoms with E-state index in [0.29, 0.717) is 12.8 Å². The second-order valence-electron chi connectivity index (χ2n) is 5.04. The fourth-order valence-electron chi connectivity index (χ4n) is 1.97. The van der Waals surface area contributed by atoms with E-state index in [1.54, 1.807) is 17.6 Å². The van der Waals surface area contributed by atoms with Gasteiger partial charge < -0.3 is 0 Å². The normalized spacial score (nSPS) is 11.1. The van der Waals surface area contributed by atoms with Gasteiger partial charge in [0.25, 0.3) is 0 Å². The van der Waals surface area contributed by atoms with Crippen molar-refractivity contribution in [2.45, 2.75) is 38.5 Å². The molecule has 0 aliphatic heterocycles. The number of carbonyl (C=O) groups is 2. The second-order valence-corrected chi connectivity index (χ2v) is 5.04. The zero-order valence-corrected chi connectivity index (χ0v) is 12.7. The molecule has 0 fully saturated rings. The van der Waals surface area contributed by atoms with Crippen molar-refractivity contribution in [2.75, 3.05) is 0 Å². The molecule has 0 heterocycles. The molecule has 0 radical (unpaired) electrons. The number of ketones is 1. The zero-order chi connectivity index (χ0) is 16.0. The maximum absolute atomic E-state index is 11.6. The number of hydroxylamine groups is 1. The van der Waals surface area contributed by atoms with Gasteiger partial charge in [0.15, 0.2) is 5.78 Å². The first-order valence-electron chi connectivity index (χ1n) is 7.58. The third-order valence-electron chi connectivity index (χ3n) is 3.18. The molecule has 0 bridgehead atoms. The average molecular weight is 301 g/mol. The van der Waals surface area contributed by atoms with Crippen molar-refractivity contribution < 1.29 is 14.8 Å². The number of allylic oxidation sites excluding steroid dienone is 3. The fraction of sp³-hybridized carbons (Fsp3) is 0.333. The van der Waals surface area contributed by atoms with Crippen molar-refractivity contribution in [1.82, 2.24) is 5.48 Å². The number of nitrogens with one attached hydrogen (secondary N) is 1. The molecule has 4 heteroatoms. The minimum Gasteiger partial charge on any atom is -0.295 e. The van der Waals surface area contributed by atoms with Crippen molar-refractivity contribution in [3.63, 3.8) is 0 Å². The number of hydrogen-bond acceptors (Lipinski definition) is 3. The van der Waals surface area contributed by atoms with E-state index in [0.717, 1.165) is 31.2 Å². The summed E-state index contributed by atoms with van der Waals surface area (Å²) in [7, 11) is 0. The lowest BCUT2D eigenvalue weighted by Gasteiger charge is -1.99. The lowest BCUT2D eigenvalue weighted by atomic mass is 10.1. The molecule has 4 nitrogen and oxygen atoms in total. The molecule has 1 aromatic carbocycles. The van der Waals surface area contributed by atoms with Crippen LogP contribution in [-0.2, 0) is 9.59 Å². The number of amides is 1. The molecule has 118 valence electrons. The van der Waals surface area contributed by atoms with Crippen LogP contribution in [0.3, 0.4) is 0 Å². The molecule has 0 saturated carbocycles. The van der Waals surface area contributed by atoms with Gasteiger partial charge in [-0.05, 0) is 24.5 Å². The first kappa shape index (κ1) is 17.9. The van der Waals surface area contributed by atoms with Crippen LogP contribution in [0.25, 0.3) is 6.08 Å². The quantitative estimate of drug-likeness (QED) is 0.228. The summed E-state index contributed by atoms with van der Waals surface area (Å²) in [5.41, 5.74) is 2.71. The molecule has 0 spiro atoms. The standard InChI is InChI=1S/C18H23NO3/c20-17(13-6-1-2-7-15-18(21)19-22)14-9-8-12-16-10-4-3-5-11-16/h3-5,8-12,14,22H,1-2,6-7,13,15H2,(H,19,21)/b12-8+,14-9+. The van der Waals surface area contributed by atoms with Gasteiger partial charge in [-0.3, -0.25) is 14.8 Å². The number of benzene rings is 1. The first-order valence-corrected chi connectivity index (χ1v) is 7.58. The fourth-order valence-corrected chi connectivity index (χ4v) is 1.97. The van der Waals surface area contributed by atoms with Gasteiger partial charge in [0.2, 0.25) is 5.91 Å². The van der Waals surface area contributed by atoms with Crippen LogP contribution in [0.1, 0.15) is 44.1 Å². The first-order chi connectivity index (χ1) is 10.7. The van der Waals surface area contributed by atoms with Gasteiger partial charge in [-0.2, -0.15) is 0 Å². The molecule has 22 heavy (non-hydrogen) atoms. The maximum Gasteiger partial charge on any atom is 0.243 e. The van der Waals surface area contributed by atoms with Crippen LogP contribution >= 0.6 is 0 Å². The summed E-state index contributed by atoms with van der Waals surface area (Å²) in [6.07, 6.45) is 11.4. The van der Waals surface area contributed by atoms with Crippen LogP contribution < -0.4 is 5.48 Å². The van der Waals surface area contributed by atoms with Gasteiger partial charge in [-0.1, -0.05) is 61.4 Å². The van der Waals surface area contributed by atoms with Gasteiger partial charge >= 0.3 is 0 Å². The molecular weight excluding hydrogens is 278 g/mol. The molecule has 1 amide bonds. The van der Waals surface area contributed by atoms with Crippen LogP contribution in [-0.4, -0.2) is 16.9 Å². The van der Waals surface area contributed by atoms with Crippen molar-refractivity contribution in [2.24, 2.45) is 0 Å². The summed E-state index contributed by atoms with van der Waals surface area (Å²) >= 11 is 0. The van der Waals surface area contributed by atoms with Gasteiger partial charge in [0.05, 0.1) is 0 Å². The topological polar surface area (TPSA) is 66.4 Å². The van der Waals surface area contributed by atoms with E-state index in [2.05, 4.69) is 0 Å². The number of rotatable bonds is 10. The molecule has 1 aromatic rings. The Morgan fingerprint density at radius 2 is 1.64 bits per heavy atom. The van der Waals surface area contributed by atoms with Crippen LogP contribution in [0.5, 0.6) is 0 Å². The van der Waals surface area contributed by atoms with E-state index in [1.165, 1.54) is 0 Å². The Morgan fingerprint density at radius 3 is 2.32 bits per heavy atom. The summed E-state index contributed by atoms with van der Waals surface area (Å²) in [6.45, 7) is 0. The molecule has 1 rings (SSSR count). The molecule has 0 atom stereocenters. The Hall–Kier alpha value is -2.20. The second kappa shape index (κ2) is 11.5. The molecule has 0 saturated heterocycles. The minimum atomic E-state index is -0.357. The van der Waals surface area contributed by atoms with Gasteiger partial charge in [0, 0.05) is 12.8 Å². The summed E-state index contributed by atoms with van der Waals surface area (Å²) < 4.78 is 0. The predicted molar refractivity (Wildman–Crippen MR) is 87.3 cm³/mol. The smallest absolute Gasteiger partial charge is 0.243 e. The SMILES string of the molecule is O=C(/C=C/C=C/c1ccccc1)CCCCCCC(=O)NO. The maximum atomic E-state index is 11.6. The van der Waals surface area contributed by atoms with E-state index < -0.39 is 0 Å². The zero-order valence-electron chi connectivity index (χ0n) is 12.7. The van der Waals surface area contributed by atoms with E-state index >= 15 is 0 Å². The molecular formula is C18H23NO3. The van der Waals surface area contributed by atoms with Gasteiger partial charge in [0.1, 0.15) is 0 Å². The van der Waals surface area contributed by atoms with Crippen LogP contribution in [0.4, 0.5) is 0 Å². The van der Waals surface area contributed by atoms with Gasteiger partial charge in [-0.15, -0.1) is 0 Å². The lowest BCUT2D eigenvalue weighted by molar-refractivity contribution is -0.129. The highest BCUT2D eigenvalue weighted by Gasteiger charge is 1.99. The Morgan fingerprint density at radius 1 is 0.955 bits per heavy atom. The molecule has 0 aliphatic carbocycles. The predicted octanol–water partition coefficient (Wildman–Crippen LogP) is 3.67. The van der Waals surface area contributed by atoms with Gasteiger partial charge in [-0.25, -0.2) is 5.48 Å². The third kappa shape index (κ3) is 8.87.